The van der Waals surface area contributed by atoms with Crippen molar-refractivity contribution in [3.05, 3.63) is 40.8 Å². The second kappa shape index (κ2) is 5.39. The summed E-state index contributed by atoms with van der Waals surface area (Å²) < 4.78 is 10.9. The Morgan fingerprint density at radius 3 is 2.22 bits per heavy atom. The van der Waals surface area contributed by atoms with Crippen LogP contribution in [0.2, 0.25) is 0 Å². The molecule has 0 aliphatic rings. The molecule has 0 saturated heterocycles. The first-order chi connectivity index (χ1) is 8.29. The van der Waals surface area contributed by atoms with Crippen LogP contribution >= 0.6 is 7.60 Å². The first-order valence-corrected chi connectivity index (χ1v) is 6.75. The molecule has 98 valence electrons. The highest BCUT2D eigenvalue weighted by molar-refractivity contribution is 7.51. The minimum Gasteiger partial charge on any atom is -0.479 e. The lowest BCUT2D eigenvalue weighted by Crippen LogP contribution is -2.42. The third-order valence-corrected chi connectivity index (χ3v) is 3.31. The van der Waals surface area contributed by atoms with Crippen LogP contribution in [0, 0.1) is 4.91 Å². The van der Waals surface area contributed by atoms with Gasteiger partial charge in [-0.15, -0.1) is 4.91 Å². The lowest BCUT2D eigenvalue weighted by Gasteiger charge is -2.21. The molecule has 0 bridgehead atoms. The van der Waals surface area contributed by atoms with E-state index in [-0.39, 0.29) is 6.42 Å². The van der Waals surface area contributed by atoms with Crippen LogP contribution in [-0.4, -0.2) is 32.6 Å². The van der Waals surface area contributed by atoms with E-state index in [1.165, 1.54) is 0 Å². The number of hydrogen-bond acceptors (Lipinski definition) is 4. The van der Waals surface area contributed by atoms with Gasteiger partial charge in [-0.2, -0.15) is 0 Å². The van der Waals surface area contributed by atoms with Crippen LogP contribution in [0.1, 0.15) is 5.56 Å². The molecule has 3 N–H and O–H groups in total. The van der Waals surface area contributed by atoms with Crippen molar-refractivity contribution >= 4 is 13.6 Å². The predicted octanol–water partition coefficient (Wildman–Crippen LogP) is 0.997. The largest absolute Gasteiger partial charge is 0.479 e. The minimum atomic E-state index is -4.67. The van der Waals surface area contributed by atoms with Crippen LogP contribution in [0.3, 0.4) is 0 Å². The van der Waals surface area contributed by atoms with Gasteiger partial charge in [0.1, 0.15) is 0 Å². The average Bonchev–Trinajstić information content (AvgIpc) is 2.27. The molecule has 18 heavy (non-hydrogen) atoms. The molecule has 0 amide bonds. The molecule has 1 rings (SSSR count). The van der Waals surface area contributed by atoms with Gasteiger partial charge >= 0.3 is 13.6 Å². The van der Waals surface area contributed by atoms with E-state index in [2.05, 4.69) is 5.18 Å². The molecule has 0 spiro atoms. The number of carbonyl (C=O) groups is 1. The van der Waals surface area contributed by atoms with Gasteiger partial charge in [-0.05, 0) is 5.56 Å². The molecule has 1 aromatic carbocycles. The molecule has 1 aromatic rings. The Balaban J connectivity index is 3.09. The molecule has 0 aliphatic heterocycles. The fourth-order valence-corrected chi connectivity index (χ4v) is 2.56. The van der Waals surface area contributed by atoms with E-state index < -0.39 is 25.3 Å². The minimum absolute atomic E-state index is 0.363. The van der Waals surface area contributed by atoms with E-state index in [0.29, 0.717) is 5.56 Å². The van der Waals surface area contributed by atoms with Crippen molar-refractivity contribution in [1.29, 1.82) is 0 Å². The van der Waals surface area contributed by atoms with Gasteiger partial charge in [0.2, 0.25) is 5.54 Å². The number of nitrogens with zero attached hydrogens (tertiary/aromatic N) is 1. The Morgan fingerprint density at radius 2 is 1.83 bits per heavy atom. The molecule has 0 aliphatic carbocycles. The third kappa shape index (κ3) is 3.73. The normalized spacial score (nSPS) is 14.8. The van der Waals surface area contributed by atoms with Crippen molar-refractivity contribution in [2.75, 3.05) is 6.16 Å². The number of carboxylic acids is 1. The predicted molar refractivity (Wildman–Crippen MR) is 63.2 cm³/mol. The molecular formula is C10H12NO6P. The average molecular weight is 273 g/mol. The zero-order chi connectivity index (χ0) is 13.8. The molecule has 0 heterocycles. The van der Waals surface area contributed by atoms with Gasteiger partial charge in [-0.25, -0.2) is 4.79 Å². The summed E-state index contributed by atoms with van der Waals surface area (Å²) in [6, 6.07) is 8.07. The Morgan fingerprint density at radius 1 is 1.28 bits per heavy atom. The monoisotopic (exact) mass is 273 g/mol. The van der Waals surface area contributed by atoms with E-state index in [9.17, 15) is 14.3 Å². The highest BCUT2D eigenvalue weighted by atomic mass is 31.2. The van der Waals surface area contributed by atoms with Crippen molar-refractivity contribution in [1.82, 2.24) is 0 Å². The number of aliphatic carboxylic acids is 1. The lowest BCUT2D eigenvalue weighted by molar-refractivity contribution is -0.142. The second-order valence-electron chi connectivity index (χ2n) is 3.91. The zero-order valence-corrected chi connectivity index (χ0v) is 10.2. The first-order valence-electron chi connectivity index (χ1n) is 4.95. The molecule has 7 nitrogen and oxygen atoms in total. The topological polar surface area (TPSA) is 124 Å². The maximum atomic E-state index is 11.1. The van der Waals surface area contributed by atoms with Gasteiger partial charge in [0.25, 0.3) is 0 Å². The Hall–Kier alpha value is -1.56. The molecule has 8 heteroatoms. The maximum Gasteiger partial charge on any atom is 0.336 e. The van der Waals surface area contributed by atoms with Crippen molar-refractivity contribution < 1.29 is 24.3 Å². The quantitative estimate of drug-likeness (QED) is 0.524. The Bertz CT molecular complexity index is 484. The van der Waals surface area contributed by atoms with Crippen LogP contribution in [0.15, 0.2) is 35.5 Å². The van der Waals surface area contributed by atoms with Crippen molar-refractivity contribution in [3.63, 3.8) is 0 Å². The summed E-state index contributed by atoms with van der Waals surface area (Å²) >= 11 is 0. The molecule has 0 fully saturated rings. The van der Waals surface area contributed by atoms with E-state index in [0.717, 1.165) is 0 Å². The maximum absolute atomic E-state index is 11.1. The molecule has 0 radical (unpaired) electrons. The molecule has 0 saturated carbocycles. The lowest BCUT2D eigenvalue weighted by atomic mass is 9.94. The van der Waals surface area contributed by atoms with Crippen LogP contribution in [0.25, 0.3) is 0 Å². The smallest absolute Gasteiger partial charge is 0.336 e. The van der Waals surface area contributed by atoms with Crippen LogP contribution in [0.4, 0.5) is 0 Å². The number of benzene rings is 1. The summed E-state index contributed by atoms with van der Waals surface area (Å²) in [4.78, 5) is 39.6. The van der Waals surface area contributed by atoms with Crippen molar-refractivity contribution in [2.45, 2.75) is 12.0 Å². The standard InChI is InChI=1S/C10H12NO6P/c12-9(13)10(11-14,7-18(15,16)17)6-8-4-2-1-3-5-8/h1-5H,6-7H2,(H,12,13)(H2,15,16,17)/t10-/m1/s1. The summed E-state index contributed by atoms with van der Waals surface area (Å²) in [6.07, 6.45) is -1.48. The summed E-state index contributed by atoms with van der Waals surface area (Å²) in [6.45, 7) is 0. The van der Waals surface area contributed by atoms with Gasteiger partial charge in [0.05, 0.1) is 6.16 Å². The van der Waals surface area contributed by atoms with Crippen molar-refractivity contribution in [3.8, 4) is 0 Å². The first kappa shape index (κ1) is 14.5. The summed E-state index contributed by atoms with van der Waals surface area (Å²) in [7, 11) is -4.67. The highest BCUT2D eigenvalue weighted by Gasteiger charge is 2.46. The zero-order valence-electron chi connectivity index (χ0n) is 9.26. The van der Waals surface area contributed by atoms with Crippen LogP contribution in [0.5, 0.6) is 0 Å². The number of carboxylic acid groups (broad SMARTS) is 1. The highest BCUT2D eigenvalue weighted by Crippen LogP contribution is 2.41. The van der Waals surface area contributed by atoms with Gasteiger partial charge in [0, 0.05) is 6.42 Å². The Kier molecular flexibility index (Phi) is 4.34. The molecule has 1 atom stereocenters. The fraction of sp³-hybridized carbons (Fsp3) is 0.300. The van der Waals surface area contributed by atoms with E-state index >= 15 is 0 Å². The Labute approximate surface area is 103 Å². The number of rotatable bonds is 6. The van der Waals surface area contributed by atoms with Gasteiger partial charge < -0.3 is 14.9 Å². The van der Waals surface area contributed by atoms with Crippen LogP contribution < -0.4 is 0 Å². The van der Waals surface area contributed by atoms with Gasteiger partial charge in [0.15, 0.2) is 0 Å². The second-order valence-corrected chi connectivity index (χ2v) is 5.56. The van der Waals surface area contributed by atoms with E-state index in [1.54, 1.807) is 30.3 Å². The van der Waals surface area contributed by atoms with Gasteiger partial charge in [-0.3, -0.25) is 4.57 Å². The summed E-state index contributed by atoms with van der Waals surface area (Å²) in [5.74, 6) is -1.65. The molecule has 0 aromatic heterocycles. The summed E-state index contributed by atoms with van der Waals surface area (Å²) in [5.41, 5.74) is -1.88. The van der Waals surface area contributed by atoms with E-state index in [1.807, 2.05) is 0 Å². The molecule has 0 unspecified atom stereocenters. The summed E-state index contributed by atoms with van der Waals surface area (Å²) in [5, 5.41) is 11.5. The third-order valence-electron chi connectivity index (χ3n) is 2.38. The van der Waals surface area contributed by atoms with E-state index in [4.69, 9.17) is 14.9 Å². The number of hydrogen-bond donors (Lipinski definition) is 3. The van der Waals surface area contributed by atoms with Crippen molar-refractivity contribution in [2.24, 2.45) is 5.18 Å². The number of nitroso groups, excluding NO2 is 1. The fourth-order valence-electron chi connectivity index (χ4n) is 1.57. The SMILES string of the molecule is O=N[C@](Cc1ccccc1)(CP(=O)(O)O)C(=O)O. The van der Waals surface area contributed by atoms with Crippen LogP contribution in [-0.2, 0) is 15.8 Å². The molecular weight excluding hydrogens is 261 g/mol. The van der Waals surface area contributed by atoms with Gasteiger partial charge in [-0.1, -0.05) is 35.5 Å².